The Labute approximate surface area is 189 Å². The third kappa shape index (κ3) is 5.44. The van der Waals surface area contributed by atoms with E-state index in [0.29, 0.717) is 27.6 Å². The summed E-state index contributed by atoms with van der Waals surface area (Å²) in [6.07, 6.45) is 1.15. The van der Waals surface area contributed by atoms with Crippen molar-refractivity contribution in [3.05, 3.63) is 57.5 Å². The first kappa shape index (κ1) is 22.4. The summed E-state index contributed by atoms with van der Waals surface area (Å²) in [7, 11) is 1.84. The van der Waals surface area contributed by atoms with Gasteiger partial charge in [0, 0.05) is 18.3 Å². The summed E-state index contributed by atoms with van der Waals surface area (Å²) in [5, 5.41) is 13.0. The van der Waals surface area contributed by atoms with Crippen LogP contribution in [0.5, 0.6) is 5.75 Å². The molecule has 1 atom stereocenters. The monoisotopic (exact) mass is 465 g/mol. The van der Waals surface area contributed by atoms with Gasteiger partial charge in [-0.05, 0) is 56.2 Å². The Morgan fingerprint density at radius 1 is 1.23 bits per heavy atom. The lowest BCUT2D eigenvalue weighted by atomic mass is 10.1. The predicted octanol–water partition coefficient (Wildman–Crippen LogP) is 5.00. The standard InChI is InChI=1S/C20H21Cl2N5O2S/c1-11-7-15(8-12(2)18(11)22)29-13(3)19-25-26-20(27(19)4)30-10-17(28)24-16-6-5-14(21)9-23-16/h5-9,13H,10H2,1-4H3,(H,23,24,28). The molecule has 0 saturated heterocycles. The Hall–Kier alpha value is -2.29. The van der Waals surface area contributed by atoms with E-state index in [2.05, 4.69) is 20.5 Å². The van der Waals surface area contributed by atoms with Gasteiger partial charge in [0.15, 0.2) is 17.1 Å². The van der Waals surface area contributed by atoms with Gasteiger partial charge in [-0.25, -0.2) is 4.98 Å². The van der Waals surface area contributed by atoms with Crippen molar-refractivity contribution < 1.29 is 9.53 Å². The van der Waals surface area contributed by atoms with E-state index in [4.69, 9.17) is 27.9 Å². The number of nitrogens with one attached hydrogen (secondary N) is 1. The van der Waals surface area contributed by atoms with Crippen molar-refractivity contribution in [2.45, 2.75) is 32.0 Å². The molecule has 3 rings (SSSR count). The quantitative estimate of drug-likeness (QED) is 0.494. The fourth-order valence-corrected chi connectivity index (χ4v) is 3.73. The number of hydrogen-bond donors (Lipinski definition) is 1. The maximum atomic E-state index is 12.2. The molecule has 3 aromatic rings. The number of anilines is 1. The molecule has 0 radical (unpaired) electrons. The molecule has 0 fully saturated rings. The van der Waals surface area contributed by atoms with Crippen molar-refractivity contribution in [1.82, 2.24) is 19.7 Å². The van der Waals surface area contributed by atoms with Crippen LogP contribution in [0.3, 0.4) is 0 Å². The predicted molar refractivity (Wildman–Crippen MR) is 120 cm³/mol. The number of aromatic nitrogens is 4. The molecule has 158 valence electrons. The van der Waals surface area contributed by atoms with Crippen molar-refractivity contribution in [2.75, 3.05) is 11.1 Å². The molecule has 0 aliphatic carbocycles. The van der Waals surface area contributed by atoms with Crippen molar-refractivity contribution in [1.29, 1.82) is 0 Å². The minimum Gasteiger partial charge on any atom is -0.483 e. The summed E-state index contributed by atoms with van der Waals surface area (Å²) in [5.41, 5.74) is 1.91. The van der Waals surface area contributed by atoms with E-state index < -0.39 is 0 Å². The summed E-state index contributed by atoms with van der Waals surface area (Å²) >= 11 is 13.3. The first-order valence-electron chi connectivity index (χ1n) is 9.11. The SMILES string of the molecule is Cc1cc(OC(C)c2nnc(SCC(=O)Nc3ccc(Cl)cn3)n2C)cc(C)c1Cl. The lowest BCUT2D eigenvalue weighted by Crippen LogP contribution is -2.15. The molecule has 0 spiro atoms. The van der Waals surface area contributed by atoms with E-state index >= 15 is 0 Å². The molecule has 1 N–H and O–H groups in total. The summed E-state index contributed by atoms with van der Waals surface area (Å²) in [4.78, 5) is 16.2. The van der Waals surface area contributed by atoms with Gasteiger partial charge >= 0.3 is 0 Å². The number of aryl methyl sites for hydroxylation is 2. The smallest absolute Gasteiger partial charge is 0.236 e. The number of amides is 1. The summed E-state index contributed by atoms with van der Waals surface area (Å²) < 4.78 is 7.85. The molecule has 0 aliphatic heterocycles. The molecular weight excluding hydrogens is 445 g/mol. The van der Waals surface area contributed by atoms with E-state index in [0.717, 1.165) is 16.1 Å². The highest BCUT2D eigenvalue weighted by molar-refractivity contribution is 7.99. The van der Waals surface area contributed by atoms with Crippen LogP contribution in [0.15, 0.2) is 35.6 Å². The van der Waals surface area contributed by atoms with Crippen LogP contribution in [0.25, 0.3) is 0 Å². The van der Waals surface area contributed by atoms with Gasteiger partial charge in [-0.15, -0.1) is 10.2 Å². The number of rotatable bonds is 7. The highest BCUT2D eigenvalue weighted by atomic mass is 35.5. The number of carbonyl (C=O) groups excluding carboxylic acids is 1. The van der Waals surface area contributed by atoms with Gasteiger partial charge in [-0.2, -0.15) is 0 Å². The van der Waals surface area contributed by atoms with Gasteiger partial charge in [0.25, 0.3) is 0 Å². The molecule has 2 aromatic heterocycles. The van der Waals surface area contributed by atoms with E-state index in [1.807, 2.05) is 44.5 Å². The lowest BCUT2D eigenvalue weighted by Gasteiger charge is -2.16. The second-order valence-corrected chi connectivity index (χ2v) is 8.49. The molecular formula is C20H21Cl2N5O2S. The summed E-state index contributed by atoms with van der Waals surface area (Å²) in [6, 6.07) is 7.10. The van der Waals surface area contributed by atoms with Crippen LogP contribution in [0.4, 0.5) is 5.82 Å². The van der Waals surface area contributed by atoms with E-state index in [9.17, 15) is 4.79 Å². The van der Waals surface area contributed by atoms with Crippen LogP contribution in [0.1, 0.15) is 30.0 Å². The Morgan fingerprint density at radius 3 is 2.57 bits per heavy atom. The van der Waals surface area contributed by atoms with Crippen LogP contribution in [-0.2, 0) is 11.8 Å². The zero-order chi connectivity index (χ0) is 21.8. The molecule has 0 aliphatic rings. The van der Waals surface area contributed by atoms with Crippen molar-refractivity contribution >= 4 is 46.7 Å². The zero-order valence-electron chi connectivity index (χ0n) is 16.9. The second kappa shape index (κ2) is 9.68. The third-order valence-corrected chi connectivity index (χ3v) is 6.12. The Balaban J connectivity index is 1.61. The Morgan fingerprint density at radius 2 is 1.93 bits per heavy atom. The molecule has 30 heavy (non-hydrogen) atoms. The average molecular weight is 466 g/mol. The normalized spacial score (nSPS) is 11.9. The molecule has 0 bridgehead atoms. The molecule has 1 aromatic carbocycles. The summed E-state index contributed by atoms with van der Waals surface area (Å²) in [5.74, 6) is 1.78. The highest BCUT2D eigenvalue weighted by Gasteiger charge is 2.19. The van der Waals surface area contributed by atoms with Crippen molar-refractivity contribution in [3.8, 4) is 5.75 Å². The fourth-order valence-electron chi connectivity index (χ4n) is 2.80. The highest BCUT2D eigenvalue weighted by Crippen LogP contribution is 2.29. The summed E-state index contributed by atoms with van der Waals surface area (Å²) in [6.45, 7) is 5.78. The number of benzene rings is 1. The fraction of sp³-hybridized carbons (Fsp3) is 0.300. The van der Waals surface area contributed by atoms with E-state index in [1.54, 1.807) is 12.1 Å². The Bertz CT molecular complexity index is 1030. The molecule has 1 unspecified atom stereocenters. The largest absolute Gasteiger partial charge is 0.483 e. The Kier molecular flexibility index (Phi) is 7.23. The number of carbonyl (C=O) groups is 1. The maximum absolute atomic E-state index is 12.2. The second-order valence-electron chi connectivity index (χ2n) is 6.73. The van der Waals surface area contributed by atoms with E-state index in [-0.39, 0.29) is 17.8 Å². The third-order valence-electron chi connectivity index (χ3n) is 4.28. The van der Waals surface area contributed by atoms with Gasteiger partial charge in [0.2, 0.25) is 5.91 Å². The van der Waals surface area contributed by atoms with Crippen LogP contribution in [0.2, 0.25) is 10.0 Å². The van der Waals surface area contributed by atoms with Gasteiger partial charge in [-0.1, -0.05) is 35.0 Å². The number of thioether (sulfide) groups is 1. The minimum atomic E-state index is -0.330. The first-order chi connectivity index (χ1) is 14.2. The minimum absolute atomic E-state index is 0.168. The molecule has 10 heteroatoms. The van der Waals surface area contributed by atoms with Crippen LogP contribution < -0.4 is 10.1 Å². The van der Waals surface area contributed by atoms with Crippen molar-refractivity contribution in [3.63, 3.8) is 0 Å². The molecule has 2 heterocycles. The van der Waals surface area contributed by atoms with Gasteiger partial charge in [-0.3, -0.25) is 4.79 Å². The van der Waals surface area contributed by atoms with Crippen LogP contribution in [-0.4, -0.2) is 31.4 Å². The zero-order valence-corrected chi connectivity index (χ0v) is 19.3. The number of pyridine rings is 1. The van der Waals surface area contributed by atoms with Crippen LogP contribution in [0, 0.1) is 13.8 Å². The van der Waals surface area contributed by atoms with Gasteiger partial charge in [0.05, 0.1) is 10.8 Å². The topological polar surface area (TPSA) is 81.9 Å². The van der Waals surface area contributed by atoms with Gasteiger partial charge in [0.1, 0.15) is 11.6 Å². The van der Waals surface area contributed by atoms with E-state index in [1.165, 1.54) is 18.0 Å². The molecule has 1 amide bonds. The number of halogens is 2. The number of ether oxygens (including phenoxy) is 1. The lowest BCUT2D eigenvalue weighted by molar-refractivity contribution is -0.113. The maximum Gasteiger partial charge on any atom is 0.236 e. The molecule has 7 nitrogen and oxygen atoms in total. The van der Waals surface area contributed by atoms with Gasteiger partial charge < -0.3 is 14.6 Å². The number of hydrogen-bond acceptors (Lipinski definition) is 6. The van der Waals surface area contributed by atoms with Crippen LogP contribution >= 0.6 is 35.0 Å². The van der Waals surface area contributed by atoms with Crippen molar-refractivity contribution in [2.24, 2.45) is 7.05 Å². The first-order valence-corrected chi connectivity index (χ1v) is 10.9. The molecule has 0 saturated carbocycles. The number of nitrogens with zero attached hydrogens (tertiary/aromatic N) is 4. The average Bonchev–Trinajstić information content (AvgIpc) is 3.07.